The highest BCUT2D eigenvalue weighted by molar-refractivity contribution is 7.99. The Kier molecular flexibility index (Phi) is 7.01. The number of nitrogens with one attached hydrogen (secondary N) is 1. The van der Waals surface area contributed by atoms with Gasteiger partial charge < -0.3 is 10.1 Å². The molecule has 1 N–H and O–H groups in total. The standard InChI is InChI=1S/C12H18FNOS/c1-15-8-2-9-16-10-7-14-12-5-3-11(13)4-6-12/h3-6,14H,2,7-10H2,1H3. The van der Waals surface area contributed by atoms with E-state index >= 15 is 0 Å². The van der Waals surface area contributed by atoms with Crippen LogP contribution in [0.25, 0.3) is 0 Å². The van der Waals surface area contributed by atoms with Crippen molar-refractivity contribution >= 4 is 17.4 Å². The first-order chi connectivity index (χ1) is 7.83. The zero-order valence-corrected chi connectivity index (χ0v) is 10.4. The molecule has 0 spiro atoms. The topological polar surface area (TPSA) is 21.3 Å². The van der Waals surface area contributed by atoms with Crippen LogP contribution in [0.5, 0.6) is 0 Å². The van der Waals surface area contributed by atoms with Crippen molar-refractivity contribution in [2.45, 2.75) is 6.42 Å². The van der Waals surface area contributed by atoms with E-state index in [9.17, 15) is 4.39 Å². The Morgan fingerprint density at radius 3 is 2.69 bits per heavy atom. The first kappa shape index (κ1) is 13.3. The molecule has 0 aliphatic carbocycles. The zero-order valence-electron chi connectivity index (χ0n) is 9.54. The lowest BCUT2D eigenvalue weighted by Gasteiger charge is -2.05. The lowest BCUT2D eigenvalue weighted by molar-refractivity contribution is 0.200. The molecule has 1 aromatic carbocycles. The monoisotopic (exact) mass is 243 g/mol. The molecule has 0 saturated carbocycles. The number of methoxy groups -OCH3 is 1. The van der Waals surface area contributed by atoms with Crippen LogP contribution in [-0.4, -0.2) is 31.8 Å². The molecule has 0 aliphatic rings. The van der Waals surface area contributed by atoms with Crippen molar-refractivity contribution in [1.82, 2.24) is 0 Å². The minimum atomic E-state index is -0.195. The number of thioether (sulfide) groups is 1. The molecule has 1 rings (SSSR count). The van der Waals surface area contributed by atoms with Gasteiger partial charge in [-0.25, -0.2) is 4.39 Å². The Morgan fingerprint density at radius 1 is 1.25 bits per heavy atom. The molecule has 16 heavy (non-hydrogen) atoms. The maximum Gasteiger partial charge on any atom is 0.123 e. The third kappa shape index (κ3) is 5.98. The summed E-state index contributed by atoms with van der Waals surface area (Å²) in [4.78, 5) is 0. The summed E-state index contributed by atoms with van der Waals surface area (Å²) in [5.41, 5.74) is 0.971. The molecule has 90 valence electrons. The van der Waals surface area contributed by atoms with Crippen molar-refractivity contribution in [1.29, 1.82) is 0 Å². The number of rotatable bonds is 8. The van der Waals surface area contributed by atoms with Crippen molar-refractivity contribution in [2.24, 2.45) is 0 Å². The Hall–Kier alpha value is -0.740. The summed E-state index contributed by atoms with van der Waals surface area (Å²) in [5.74, 6) is 1.99. The maximum absolute atomic E-state index is 12.6. The normalized spacial score (nSPS) is 10.4. The van der Waals surface area contributed by atoms with E-state index in [1.807, 2.05) is 11.8 Å². The van der Waals surface area contributed by atoms with Gasteiger partial charge in [-0.15, -0.1) is 0 Å². The lowest BCUT2D eigenvalue weighted by Crippen LogP contribution is -2.04. The molecule has 0 bridgehead atoms. The number of hydrogen-bond acceptors (Lipinski definition) is 3. The maximum atomic E-state index is 12.6. The average Bonchev–Trinajstić information content (AvgIpc) is 2.30. The van der Waals surface area contributed by atoms with Crippen molar-refractivity contribution in [2.75, 3.05) is 37.1 Å². The Labute approximate surface area is 101 Å². The largest absolute Gasteiger partial charge is 0.385 e. The molecule has 0 saturated heterocycles. The molecule has 0 radical (unpaired) electrons. The van der Waals surface area contributed by atoms with E-state index in [-0.39, 0.29) is 5.82 Å². The molecule has 0 aliphatic heterocycles. The van der Waals surface area contributed by atoms with E-state index in [4.69, 9.17) is 4.74 Å². The first-order valence-corrected chi connectivity index (χ1v) is 6.54. The molecule has 2 nitrogen and oxygen atoms in total. The fraction of sp³-hybridized carbons (Fsp3) is 0.500. The Morgan fingerprint density at radius 2 is 2.00 bits per heavy atom. The van der Waals surface area contributed by atoms with Crippen LogP contribution in [0.4, 0.5) is 10.1 Å². The van der Waals surface area contributed by atoms with Gasteiger partial charge in [0, 0.05) is 31.7 Å². The molecule has 0 fully saturated rings. The second-order valence-corrected chi connectivity index (χ2v) is 4.62. The van der Waals surface area contributed by atoms with E-state index in [2.05, 4.69) is 5.32 Å². The van der Waals surface area contributed by atoms with Crippen LogP contribution in [0.3, 0.4) is 0 Å². The number of ether oxygens (including phenoxy) is 1. The minimum absolute atomic E-state index is 0.195. The van der Waals surface area contributed by atoms with Gasteiger partial charge >= 0.3 is 0 Å². The molecule has 0 amide bonds. The van der Waals surface area contributed by atoms with E-state index in [0.717, 1.165) is 36.8 Å². The van der Waals surface area contributed by atoms with Crippen molar-refractivity contribution in [3.63, 3.8) is 0 Å². The highest BCUT2D eigenvalue weighted by Gasteiger charge is 1.93. The summed E-state index contributed by atoms with van der Waals surface area (Å²) >= 11 is 1.90. The van der Waals surface area contributed by atoms with Gasteiger partial charge in [-0.2, -0.15) is 11.8 Å². The lowest BCUT2D eigenvalue weighted by atomic mass is 10.3. The molecule has 0 heterocycles. The second kappa shape index (κ2) is 8.42. The van der Waals surface area contributed by atoms with Crippen LogP contribution in [-0.2, 0) is 4.74 Å². The van der Waals surface area contributed by atoms with Gasteiger partial charge in [0.25, 0.3) is 0 Å². The van der Waals surface area contributed by atoms with E-state index in [1.165, 1.54) is 12.1 Å². The van der Waals surface area contributed by atoms with Gasteiger partial charge in [-0.1, -0.05) is 0 Å². The predicted octanol–water partition coefficient (Wildman–Crippen LogP) is 3.01. The highest BCUT2D eigenvalue weighted by atomic mass is 32.2. The summed E-state index contributed by atoms with van der Waals surface area (Å²) in [6, 6.07) is 6.44. The van der Waals surface area contributed by atoms with Gasteiger partial charge in [0.05, 0.1) is 0 Å². The molecule has 0 aromatic heterocycles. The smallest absolute Gasteiger partial charge is 0.123 e. The summed E-state index contributed by atoms with van der Waals surface area (Å²) in [6.45, 7) is 1.74. The number of hydrogen-bond donors (Lipinski definition) is 1. The van der Waals surface area contributed by atoms with Gasteiger partial charge in [0.15, 0.2) is 0 Å². The van der Waals surface area contributed by atoms with E-state index in [0.29, 0.717) is 0 Å². The summed E-state index contributed by atoms with van der Waals surface area (Å²) in [5, 5.41) is 3.24. The molecule has 0 atom stereocenters. The average molecular weight is 243 g/mol. The Balaban J connectivity index is 2.01. The van der Waals surface area contributed by atoms with Crippen molar-refractivity contribution in [3.8, 4) is 0 Å². The number of benzene rings is 1. The van der Waals surface area contributed by atoms with E-state index < -0.39 is 0 Å². The fourth-order valence-corrected chi connectivity index (χ4v) is 2.02. The molecule has 4 heteroatoms. The molecular weight excluding hydrogens is 225 g/mol. The fourth-order valence-electron chi connectivity index (χ4n) is 1.24. The van der Waals surface area contributed by atoms with Crippen molar-refractivity contribution in [3.05, 3.63) is 30.1 Å². The van der Waals surface area contributed by atoms with Gasteiger partial charge in [0.2, 0.25) is 0 Å². The quantitative estimate of drug-likeness (QED) is 0.709. The third-order valence-corrected chi connectivity index (χ3v) is 3.13. The van der Waals surface area contributed by atoms with Gasteiger partial charge in [0.1, 0.15) is 5.82 Å². The number of anilines is 1. The summed E-state index contributed by atoms with van der Waals surface area (Å²) in [6.07, 6.45) is 1.09. The molecular formula is C12H18FNOS. The third-order valence-electron chi connectivity index (χ3n) is 2.06. The molecule has 0 unspecified atom stereocenters. The van der Waals surface area contributed by atoms with Crippen LogP contribution in [0.1, 0.15) is 6.42 Å². The van der Waals surface area contributed by atoms with Crippen LogP contribution in [0, 0.1) is 5.82 Å². The predicted molar refractivity (Wildman–Crippen MR) is 68.7 cm³/mol. The first-order valence-electron chi connectivity index (χ1n) is 5.39. The van der Waals surface area contributed by atoms with E-state index in [1.54, 1.807) is 19.2 Å². The molecule has 1 aromatic rings. The number of halogens is 1. The Bertz CT molecular complexity index is 279. The highest BCUT2D eigenvalue weighted by Crippen LogP contribution is 2.09. The van der Waals surface area contributed by atoms with Crippen LogP contribution in [0.15, 0.2) is 24.3 Å². The van der Waals surface area contributed by atoms with Crippen LogP contribution < -0.4 is 5.32 Å². The zero-order chi connectivity index (χ0) is 11.6. The van der Waals surface area contributed by atoms with Crippen molar-refractivity contribution < 1.29 is 9.13 Å². The van der Waals surface area contributed by atoms with Crippen LogP contribution in [0.2, 0.25) is 0 Å². The van der Waals surface area contributed by atoms with Crippen LogP contribution >= 0.6 is 11.8 Å². The summed E-state index contributed by atoms with van der Waals surface area (Å²) in [7, 11) is 1.72. The second-order valence-electron chi connectivity index (χ2n) is 3.39. The summed E-state index contributed by atoms with van der Waals surface area (Å²) < 4.78 is 17.6. The SMILES string of the molecule is COCCCSCCNc1ccc(F)cc1. The van der Waals surface area contributed by atoms with Gasteiger partial charge in [-0.3, -0.25) is 0 Å². The van der Waals surface area contributed by atoms with Gasteiger partial charge in [-0.05, 0) is 36.4 Å². The minimum Gasteiger partial charge on any atom is -0.385 e.